The third-order valence-corrected chi connectivity index (χ3v) is 3.98. The maximum Gasteiger partial charge on any atom is 0.201 e. The average molecular weight is 335 g/mol. The lowest BCUT2D eigenvalue weighted by Crippen LogP contribution is -2.21. The Morgan fingerprint density at radius 3 is 2.24 bits per heavy atom. The number of ketones is 2. The number of ether oxygens (including phenoxy) is 1. The highest BCUT2D eigenvalue weighted by Gasteiger charge is 2.32. The van der Waals surface area contributed by atoms with Crippen molar-refractivity contribution in [3.63, 3.8) is 0 Å². The van der Waals surface area contributed by atoms with Gasteiger partial charge in [0.15, 0.2) is 23.1 Å². The van der Waals surface area contributed by atoms with E-state index in [2.05, 4.69) is 6.07 Å². The Labute approximate surface area is 141 Å². The molecule has 3 aromatic rings. The molecule has 0 spiro atoms. The second kappa shape index (κ2) is 5.63. The zero-order chi connectivity index (χ0) is 17.6. The number of halogens is 2. The van der Waals surface area contributed by atoms with Crippen LogP contribution in [-0.2, 0) is 0 Å². The molecule has 0 amide bonds. The molecule has 0 heterocycles. The molecule has 0 saturated carbocycles. The fourth-order valence-corrected chi connectivity index (χ4v) is 2.81. The summed E-state index contributed by atoms with van der Waals surface area (Å²) in [4.78, 5) is 25.4. The van der Waals surface area contributed by atoms with E-state index >= 15 is 0 Å². The number of hydrogen-bond acceptors (Lipinski definition) is 3. The van der Waals surface area contributed by atoms with E-state index in [1.807, 2.05) is 0 Å². The van der Waals surface area contributed by atoms with Crippen LogP contribution in [0, 0.1) is 17.7 Å². The first-order valence-corrected chi connectivity index (χ1v) is 7.42. The van der Waals surface area contributed by atoms with Gasteiger partial charge in [0.25, 0.3) is 0 Å². The molecule has 1 aliphatic carbocycles. The number of fused-ring (bicyclic) bond motifs is 2. The molecule has 3 nitrogen and oxygen atoms in total. The highest BCUT2D eigenvalue weighted by molar-refractivity contribution is 6.29. The predicted octanol–water partition coefficient (Wildman–Crippen LogP) is 4.33. The van der Waals surface area contributed by atoms with Gasteiger partial charge in [-0.15, -0.1) is 0 Å². The van der Waals surface area contributed by atoms with Crippen LogP contribution in [0.1, 0.15) is 31.8 Å². The molecule has 1 radical (unpaired) electrons. The van der Waals surface area contributed by atoms with Gasteiger partial charge in [-0.1, -0.05) is 30.3 Å². The molecule has 5 heteroatoms. The van der Waals surface area contributed by atoms with Crippen molar-refractivity contribution in [3.8, 4) is 11.5 Å². The van der Waals surface area contributed by atoms with E-state index in [4.69, 9.17) is 4.74 Å². The quantitative estimate of drug-likeness (QED) is 0.547. The minimum absolute atomic E-state index is 0.0195. The zero-order valence-electron chi connectivity index (χ0n) is 12.7. The molecule has 3 aromatic carbocycles. The summed E-state index contributed by atoms with van der Waals surface area (Å²) in [7, 11) is 0. The van der Waals surface area contributed by atoms with E-state index in [0.29, 0.717) is 5.56 Å². The number of carbonyl (C=O) groups excluding carboxylic acids is 2. The van der Waals surface area contributed by atoms with Gasteiger partial charge in [0, 0.05) is 16.7 Å². The topological polar surface area (TPSA) is 43.4 Å². The van der Waals surface area contributed by atoms with E-state index in [0.717, 1.165) is 6.07 Å². The van der Waals surface area contributed by atoms with Crippen molar-refractivity contribution in [2.75, 3.05) is 0 Å². The Hall–Kier alpha value is -3.34. The molecule has 0 bridgehead atoms. The normalized spacial score (nSPS) is 12.6. The van der Waals surface area contributed by atoms with Gasteiger partial charge < -0.3 is 4.74 Å². The van der Waals surface area contributed by atoms with Gasteiger partial charge in [0.2, 0.25) is 5.82 Å². The van der Waals surface area contributed by atoms with Crippen molar-refractivity contribution >= 4 is 11.6 Å². The van der Waals surface area contributed by atoms with Crippen molar-refractivity contribution in [2.45, 2.75) is 0 Å². The van der Waals surface area contributed by atoms with Gasteiger partial charge in [0.1, 0.15) is 5.75 Å². The highest BCUT2D eigenvalue weighted by atomic mass is 19.2. The summed E-state index contributed by atoms with van der Waals surface area (Å²) in [5, 5.41) is 0. The summed E-state index contributed by atoms with van der Waals surface area (Å²) < 4.78 is 32.6. The predicted molar refractivity (Wildman–Crippen MR) is 85.0 cm³/mol. The Morgan fingerprint density at radius 2 is 1.48 bits per heavy atom. The summed E-state index contributed by atoms with van der Waals surface area (Å²) in [5.74, 6) is -3.41. The van der Waals surface area contributed by atoms with Crippen molar-refractivity contribution in [3.05, 3.63) is 94.6 Å². The number of rotatable bonds is 2. The fraction of sp³-hybridized carbons (Fsp3) is 0. The first-order valence-electron chi connectivity index (χ1n) is 7.42. The molecule has 4 rings (SSSR count). The van der Waals surface area contributed by atoms with E-state index in [1.54, 1.807) is 24.3 Å². The van der Waals surface area contributed by atoms with Gasteiger partial charge in [-0.3, -0.25) is 9.59 Å². The lowest BCUT2D eigenvalue weighted by atomic mass is 9.83. The smallest absolute Gasteiger partial charge is 0.201 e. The Balaban J connectivity index is 1.87. The lowest BCUT2D eigenvalue weighted by Gasteiger charge is -2.20. The van der Waals surface area contributed by atoms with Crippen LogP contribution in [0.4, 0.5) is 8.78 Å². The summed E-state index contributed by atoms with van der Waals surface area (Å²) >= 11 is 0. The van der Waals surface area contributed by atoms with Crippen LogP contribution in [0.25, 0.3) is 0 Å². The monoisotopic (exact) mass is 335 g/mol. The Kier molecular flexibility index (Phi) is 3.42. The third-order valence-electron chi connectivity index (χ3n) is 3.98. The van der Waals surface area contributed by atoms with Gasteiger partial charge in [0.05, 0.1) is 5.56 Å². The maximum atomic E-state index is 13.9. The molecule has 0 saturated heterocycles. The molecule has 0 aliphatic heterocycles. The van der Waals surface area contributed by atoms with Crippen molar-refractivity contribution < 1.29 is 23.1 Å². The van der Waals surface area contributed by atoms with Crippen molar-refractivity contribution in [2.24, 2.45) is 0 Å². The van der Waals surface area contributed by atoms with Crippen LogP contribution in [0.15, 0.2) is 54.6 Å². The second-order valence-electron chi connectivity index (χ2n) is 5.47. The minimum atomic E-state index is -1.17. The van der Waals surface area contributed by atoms with E-state index < -0.39 is 17.4 Å². The van der Waals surface area contributed by atoms with Gasteiger partial charge in [-0.25, -0.2) is 4.39 Å². The maximum absolute atomic E-state index is 13.9. The van der Waals surface area contributed by atoms with Crippen molar-refractivity contribution in [1.82, 2.24) is 0 Å². The molecule has 0 N–H and O–H groups in total. The standard InChI is InChI=1S/C20H9F2O3/c21-14-8-4-10-16(18(14)22)25-15-9-3-7-13-17(15)20(24)12-6-2-1-5-11(12)19(13)23/h1-2,4-10H. The minimum Gasteiger partial charge on any atom is -0.453 e. The molecular weight excluding hydrogens is 326 g/mol. The largest absolute Gasteiger partial charge is 0.453 e. The molecule has 0 aromatic heterocycles. The lowest BCUT2D eigenvalue weighted by molar-refractivity contribution is 0.0977. The summed E-state index contributed by atoms with van der Waals surface area (Å²) in [5.41, 5.74) is 0.683. The Bertz CT molecular complexity index is 1040. The number of hydrogen-bond donors (Lipinski definition) is 0. The molecule has 0 fully saturated rings. The van der Waals surface area contributed by atoms with Crippen LogP contribution in [0.3, 0.4) is 0 Å². The third kappa shape index (κ3) is 2.32. The molecule has 0 unspecified atom stereocenters. The van der Waals surface area contributed by atoms with E-state index in [9.17, 15) is 18.4 Å². The Morgan fingerprint density at radius 1 is 0.760 bits per heavy atom. The summed E-state index contributed by atoms with van der Waals surface area (Å²) in [6, 6.07) is 15.3. The first-order chi connectivity index (χ1) is 12.1. The van der Waals surface area contributed by atoms with Gasteiger partial charge in [-0.2, -0.15) is 4.39 Å². The average Bonchev–Trinajstić information content (AvgIpc) is 2.63. The molecule has 25 heavy (non-hydrogen) atoms. The molecule has 121 valence electrons. The van der Waals surface area contributed by atoms with Crippen LogP contribution in [0.5, 0.6) is 11.5 Å². The van der Waals surface area contributed by atoms with Crippen LogP contribution in [-0.4, -0.2) is 11.6 Å². The van der Waals surface area contributed by atoms with Gasteiger partial charge >= 0.3 is 0 Å². The summed E-state index contributed by atoms with van der Waals surface area (Å²) in [6.07, 6.45) is 0. The molecular formula is C20H9F2O3. The molecule has 0 atom stereocenters. The van der Waals surface area contributed by atoms with Crippen LogP contribution >= 0.6 is 0 Å². The highest BCUT2D eigenvalue weighted by Crippen LogP contribution is 2.36. The first kappa shape index (κ1) is 15.2. The summed E-state index contributed by atoms with van der Waals surface area (Å²) in [6.45, 7) is 0. The van der Waals surface area contributed by atoms with Crippen molar-refractivity contribution in [1.29, 1.82) is 0 Å². The number of benzene rings is 3. The van der Waals surface area contributed by atoms with Crippen LogP contribution < -0.4 is 4.74 Å². The zero-order valence-corrected chi connectivity index (χ0v) is 12.7. The fourth-order valence-electron chi connectivity index (χ4n) is 2.81. The van der Waals surface area contributed by atoms with Crippen LogP contribution in [0.2, 0.25) is 0 Å². The van der Waals surface area contributed by atoms with Gasteiger partial charge in [-0.05, 0) is 30.3 Å². The SMILES string of the molecule is O=C1c2ccccc2C(=O)c2c(Oc3cccc(F)c3F)c[c]cc21. The second-order valence-corrected chi connectivity index (χ2v) is 5.47. The number of carbonyl (C=O) groups is 2. The molecule has 1 aliphatic rings. The van der Waals surface area contributed by atoms with E-state index in [-0.39, 0.29) is 34.0 Å². The van der Waals surface area contributed by atoms with E-state index in [1.165, 1.54) is 24.3 Å².